The third kappa shape index (κ3) is 4.23. The molecule has 0 bridgehead atoms. The molecule has 0 N–H and O–H groups in total. The molecular formula is C23H27N3O4S3. The zero-order valence-electron chi connectivity index (χ0n) is 18.7. The lowest BCUT2D eigenvalue weighted by molar-refractivity contribution is -0.122. The smallest absolute Gasteiger partial charge is 0.253 e. The Kier molecular flexibility index (Phi) is 6.30. The van der Waals surface area contributed by atoms with Crippen LogP contribution in [0.3, 0.4) is 0 Å². The summed E-state index contributed by atoms with van der Waals surface area (Å²) in [6.45, 7) is 5.52. The van der Waals surface area contributed by atoms with Gasteiger partial charge in [0.2, 0.25) is 5.91 Å². The number of carbonyl (C=O) groups excluding carboxylic acids is 1. The molecule has 4 heterocycles. The fraction of sp³-hybridized carbons (Fsp3) is 0.478. The number of hydrogen-bond acceptors (Lipinski definition) is 7. The topological polar surface area (TPSA) is 79.8 Å². The van der Waals surface area contributed by atoms with E-state index in [1.807, 2.05) is 13.0 Å². The summed E-state index contributed by atoms with van der Waals surface area (Å²) in [5.41, 5.74) is 3.15. The van der Waals surface area contributed by atoms with Crippen LogP contribution in [0.15, 0.2) is 33.9 Å². The third-order valence-electron chi connectivity index (χ3n) is 6.53. The fourth-order valence-corrected chi connectivity index (χ4v) is 8.37. The number of thiophene rings is 1. The Bertz CT molecular complexity index is 1260. The minimum atomic E-state index is -3.71. The molecule has 33 heavy (non-hydrogen) atoms. The first-order chi connectivity index (χ1) is 15.9. The Labute approximate surface area is 202 Å². The van der Waals surface area contributed by atoms with E-state index in [1.54, 1.807) is 22.4 Å². The van der Waals surface area contributed by atoms with Crippen molar-refractivity contribution in [2.45, 2.75) is 55.9 Å². The molecule has 1 aromatic carbocycles. The lowest BCUT2D eigenvalue weighted by atomic mass is 10.1. The molecule has 1 amide bonds. The number of fused-ring (bicyclic) bond motifs is 1. The second kappa shape index (κ2) is 9.07. The molecule has 2 aliphatic rings. The Morgan fingerprint density at radius 3 is 2.82 bits per heavy atom. The summed E-state index contributed by atoms with van der Waals surface area (Å²) >= 11 is 2.66. The van der Waals surface area contributed by atoms with E-state index in [2.05, 4.69) is 13.0 Å². The summed E-state index contributed by atoms with van der Waals surface area (Å²) in [7, 11) is -3.71. The summed E-state index contributed by atoms with van der Waals surface area (Å²) in [5.74, 6) is -0.212. The van der Waals surface area contributed by atoms with E-state index < -0.39 is 16.1 Å². The predicted molar refractivity (Wildman–Crippen MR) is 132 cm³/mol. The maximum absolute atomic E-state index is 13.9. The van der Waals surface area contributed by atoms with E-state index in [4.69, 9.17) is 9.72 Å². The van der Waals surface area contributed by atoms with Gasteiger partial charge in [-0.15, -0.1) is 11.3 Å². The number of sulfonamides is 1. The number of nitrogens with zero attached hydrogens (tertiary/aromatic N) is 3. The molecule has 176 valence electrons. The number of amides is 1. The largest absolute Gasteiger partial charge is 0.376 e. The summed E-state index contributed by atoms with van der Waals surface area (Å²) in [5, 5.41) is 2.36. The van der Waals surface area contributed by atoms with E-state index in [0.29, 0.717) is 37.7 Å². The van der Waals surface area contributed by atoms with Crippen molar-refractivity contribution in [2.24, 2.45) is 0 Å². The normalized spacial score (nSPS) is 21.8. The highest BCUT2D eigenvalue weighted by molar-refractivity contribution is 7.91. The van der Waals surface area contributed by atoms with Crippen LogP contribution in [0.25, 0.3) is 10.2 Å². The first-order valence-electron chi connectivity index (χ1n) is 11.2. The molecule has 2 saturated heterocycles. The van der Waals surface area contributed by atoms with Crippen LogP contribution < -0.4 is 4.90 Å². The molecule has 0 aliphatic carbocycles. The quantitative estimate of drug-likeness (QED) is 0.498. The van der Waals surface area contributed by atoms with Crippen LogP contribution >= 0.6 is 22.7 Å². The SMILES string of the molecule is Cc1ccc2sc(N(CC3CCCO3)C(=O)C3CCCN3S(=O)(=O)c3cccs3)nc2c1C. The van der Waals surface area contributed by atoms with Crippen molar-refractivity contribution < 1.29 is 17.9 Å². The van der Waals surface area contributed by atoms with Gasteiger partial charge in [-0.2, -0.15) is 4.31 Å². The molecule has 0 saturated carbocycles. The molecule has 0 spiro atoms. The lowest BCUT2D eigenvalue weighted by Gasteiger charge is -2.29. The third-order valence-corrected chi connectivity index (χ3v) is 10.9. The minimum absolute atomic E-state index is 0.0625. The van der Waals surface area contributed by atoms with Crippen molar-refractivity contribution in [3.05, 3.63) is 40.8 Å². The highest BCUT2D eigenvalue weighted by Gasteiger charge is 2.43. The van der Waals surface area contributed by atoms with Crippen LogP contribution in [-0.2, 0) is 19.6 Å². The Balaban J connectivity index is 1.51. The number of aromatic nitrogens is 1. The van der Waals surface area contributed by atoms with Crippen LogP contribution in [0.5, 0.6) is 0 Å². The summed E-state index contributed by atoms with van der Waals surface area (Å²) < 4.78 is 35.0. The molecule has 2 atom stereocenters. The molecule has 2 aliphatic heterocycles. The number of carbonyl (C=O) groups is 1. The molecule has 0 radical (unpaired) electrons. The van der Waals surface area contributed by atoms with Gasteiger partial charge in [0.25, 0.3) is 10.0 Å². The van der Waals surface area contributed by atoms with Crippen molar-refractivity contribution in [1.29, 1.82) is 0 Å². The second-order valence-electron chi connectivity index (χ2n) is 8.64. The predicted octanol–water partition coefficient (Wildman–Crippen LogP) is 4.34. The van der Waals surface area contributed by atoms with Crippen molar-refractivity contribution in [1.82, 2.24) is 9.29 Å². The highest BCUT2D eigenvalue weighted by atomic mass is 32.2. The standard InChI is InChI=1S/C23H27N3O4S3/c1-15-9-10-19-21(16(15)2)24-23(32-19)25(14-17-6-4-12-30-17)22(27)18-7-3-11-26(18)33(28,29)20-8-5-13-31-20/h5,8-10,13,17-18H,3-4,6-7,11-12,14H2,1-2H3. The molecule has 2 unspecified atom stereocenters. The maximum Gasteiger partial charge on any atom is 0.253 e. The van der Waals surface area contributed by atoms with Gasteiger partial charge in [-0.3, -0.25) is 9.69 Å². The molecule has 2 aromatic heterocycles. The Hall–Kier alpha value is -1.85. The van der Waals surface area contributed by atoms with Crippen LogP contribution in [0, 0.1) is 13.8 Å². The van der Waals surface area contributed by atoms with E-state index in [1.165, 1.54) is 27.0 Å². The molecule has 5 rings (SSSR count). The second-order valence-corrected chi connectivity index (χ2v) is 12.7. The number of benzene rings is 1. The van der Waals surface area contributed by atoms with Crippen molar-refractivity contribution in [2.75, 3.05) is 24.6 Å². The van der Waals surface area contributed by atoms with E-state index in [9.17, 15) is 13.2 Å². The zero-order valence-corrected chi connectivity index (χ0v) is 21.1. The van der Waals surface area contributed by atoms with E-state index >= 15 is 0 Å². The lowest BCUT2D eigenvalue weighted by Crippen LogP contribution is -2.49. The Morgan fingerprint density at radius 2 is 2.09 bits per heavy atom. The van der Waals surface area contributed by atoms with Crippen LogP contribution in [0.2, 0.25) is 0 Å². The molecular weight excluding hydrogens is 478 g/mol. The van der Waals surface area contributed by atoms with Gasteiger partial charge in [0.05, 0.1) is 22.9 Å². The van der Waals surface area contributed by atoms with Gasteiger partial charge in [-0.25, -0.2) is 13.4 Å². The minimum Gasteiger partial charge on any atom is -0.376 e. The zero-order chi connectivity index (χ0) is 23.2. The van der Waals surface area contributed by atoms with Crippen LogP contribution in [0.1, 0.15) is 36.8 Å². The van der Waals surface area contributed by atoms with Crippen molar-refractivity contribution >= 4 is 54.0 Å². The van der Waals surface area contributed by atoms with Gasteiger partial charge in [0, 0.05) is 13.2 Å². The Morgan fingerprint density at radius 1 is 1.24 bits per heavy atom. The van der Waals surface area contributed by atoms with Crippen molar-refractivity contribution in [3.63, 3.8) is 0 Å². The molecule has 10 heteroatoms. The number of hydrogen-bond donors (Lipinski definition) is 0. The van der Waals surface area contributed by atoms with Crippen LogP contribution in [-0.4, -0.2) is 55.5 Å². The summed E-state index contributed by atoms with van der Waals surface area (Å²) in [6.07, 6.45) is 2.95. The van der Waals surface area contributed by atoms with Gasteiger partial charge >= 0.3 is 0 Å². The average molecular weight is 506 g/mol. The number of anilines is 1. The average Bonchev–Trinajstić information content (AvgIpc) is 3.61. The highest BCUT2D eigenvalue weighted by Crippen LogP contribution is 2.35. The number of ether oxygens (including phenoxy) is 1. The number of aryl methyl sites for hydroxylation is 2. The van der Waals surface area contributed by atoms with E-state index in [0.717, 1.165) is 34.2 Å². The van der Waals surface area contributed by atoms with Gasteiger partial charge in [-0.1, -0.05) is 23.5 Å². The fourth-order valence-electron chi connectivity index (χ4n) is 4.56. The maximum atomic E-state index is 13.9. The van der Waals surface area contributed by atoms with E-state index in [-0.39, 0.29) is 16.2 Å². The summed E-state index contributed by atoms with van der Waals surface area (Å²) in [6, 6.07) is 6.70. The first kappa shape index (κ1) is 22.9. The van der Waals surface area contributed by atoms with Gasteiger partial charge in [-0.05, 0) is 68.2 Å². The molecule has 7 nitrogen and oxygen atoms in total. The molecule has 3 aromatic rings. The molecule has 2 fully saturated rings. The van der Waals surface area contributed by atoms with Gasteiger partial charge in [0.1, 0.15) is 10.3 Å². The van der Waals surface area contributed by atoms with Crippen molar-refractivity contribution in [3.8, 4) is 0 Å². The summed E-state index contributed by atoms with van der Waals surface area (Å²) in [4.78, 5) is 20.5. The first-order valence-corrected chi connectivity index (χ1v) is 14.3. The monoisotopic (exact) mass is 505 g/mol. The number of rotatable bonds is 6. The van der Waals surface area contributed by atoms with Gasteiger partial charge < -0.3 is 4.74 Å². The van der Waals surface area contributed by atoms with Gasteiger partial charge in [0.15, 0.2) is 5.13 Å². The number of thiazole rings is 1. The van der Waals surface area contributed by atoms with Crippen LogP contribution in [0.4, 0.5) is 5.13 Å².